The first kappa shape index (κ1) is 24.1. The number of hydrogen-bond donors (Lipinski definition) is 1. The van der Waals surface area contributed by atoms with Gasteiger partial charge in [0, 0.05) is 12.1 Å². The van der Waals surface area contributed by atoms with Gasteiger partial charge in [0.05, 0.1) is 11.8 Å². The maximum absolute atomic E-state index is 12.6. The molecule has 1 amide bonds. The van der Waals surface area contributed by atoms with E-state index >= 15 is 0 Å². The standard InChI is InChI=1S/C28H31NO4/c1-3-24(4-2)33-25-16-17-27(26(19-25)22-12-14-23(31)15-13-22)29(28(32)20-30)18-8-11-21-9-6-5-7-10-21/h5-7,9-10,12-17,19-20,24,31H,3-4,8,11,18H2,1-2H3. The van der Waals surface area contributed by atoms with E-state index in [9.17, 15) is 14.7 Å². The van der Waals surface area contributed by atoms with E-state index in [1.807, 2.05) is 36.4 Å². The highest BCUT2D eigenvalue weighted by Gasteiger charge is 2.20. The van der Waals surface area contributed by atoms with Crippen LogP contribution < -0.4 is 9.64 Å². The van der Waals surface area contributed by atoms with Gasteiger partial charge >= 0.3 is 0 Å². The Bertz CT molecular complexity index is 1040. The number of anilines is 1. The molecule has 1 N–H and O–H groups in total. The van der Waals surface area contributed by atoms with Gasteiger partial charge in [-0.05, 0) is 67.1 Å². The number of hydrogen-bond acceptors (Lipinski definition) is 4. The van der Waals surface area contributed by atoms with Crippen LogP contribution in [0.5, 0.6) is 11.5 Å². The molecule has 0 bridgehead atoms. The smallest absolute Gasteiger partial charge is 0.291 e. The minimum atomic E-state index is -0.586. The molecule has 3 rings (SSSR count). The number of aldehydes is 1. The van der Waals surface area contributed by atoms with Gasteiger partial charge in [0.1, 0.15) is 11.5 Å². The van der Waals surface area contributed by atoms with Crippen LogP contribution in [0.2, 0.25) is 0 Å². The van der Waals surface area contributed by atoms with Crippen LogP contribution >= 0.6 is 0 Å². The van der Waals surface area contributed by atoms with E-state index < -0.39 is 5.91 Å². The number of nitrogens with zero attached hydrogens (tertiary/aromatic N) is 1. The molecule has 0 saturated heterocycles. The molecule has 0 aromatic heterocycles. The van der Waals surface area contributed by atoms with Gasteiger partial charge in [0.25, 0.3) is 5.91 Å². The zero-order valence-corrected chi connectivity index (χ0v) is 19.2. The van der Waals surface area contributed by atoms with Crippen molar-refractivity contribution in [3.05, 3.63) is 78.4 Å². The lowest BCUT2D eigenvalue weighted by molar-refractivity contribution is -0.129. The predicted molar refractivity (Wildman–Crippen MR) is 132 cm³/mol. The van der Waals surface area contributed by atoms with E-state index in [2.05, 4.69) is 26.0 Å². The highest BCUT2D eigenvalue weighted by atomic mass is 16.5. The fourth-order valence-corrected chi connectivity index (χ4v) is 3.84. The fourth-order valence-electron chi connectivity index (χ4n) is 3.84. The SMILES string of the molecule is CCC(CC)Oc1ccc(N(CCCc2ccccc2)C(=O)C=O)c(-c2ccc(O)cc2)c1. The molecule has 0 atom stereocenters. The molecule has 172 valence electrons. The van der Waals surface area contributed by atoms with Crippen LogP contribution in [0.3, 0.4) is 0 Å². The Hall–Kier alpha value is -3.60. The lowest BCUT2D eigenvalue weighted by atomic mass is 10.0. The van der Waals surface area contributed by atoms with E-state index in [0.29, 0.717) is 30.7 Å². The van der Waals surface area contributed by atoms with Crippen molar-refractivity contribution in [2.24, 2.45) is 0 Å². The summed E-state index contributed by atoms with van der Waals surface area (Å²) in [6, 6.07) is 22.5. The third-order valence-corrected chi connectivity index (χ3v) is 5.71. The van der Waals surface area contributed by atoms with E-state index in [4.69, 9.17) is 4.74 Å². The lowest BCUT2D eigenvalue weighted by Gasteiger charge is -2.25. The van der Waals surface area contributed by atoms with Gasteiger partial charge in [0.2, 0.25) is 6.29 Å². The number of phenolic OH excluding ortho intramolecular Hbond substituents is 1. The molecule has 0 fully saturated rings. The summed E-state index contributed by atoms with van der Waals surface area (Å²) in [5.74, 6) is 0.281. The molecule has 0 saturated carbocycles. The largest absolute Gasteiger partial charge is 0.508 e. The van der Waals surface area contributed by atoms with Crippen molar-refractivity contribution in [3.63, 3.8) is 0 Å². The molecular formula is C28H31NO4. The van der Waals surface area contributed by atoms with Crippen molar-refractivity contribution in [1.82, 2.24) is 0 Å². The number of rotatable bonds is 11. The van der Waals surface area contributed by atoms with Gasteiger partial charge in [-0.15, -0.1) is 0 Å². The summed E-state index contributed by atoms with van der Waals surface area (Å²) in [5.41, 5.74) is 3.42. The maximum atomic E-state index is 12.6. The van der Waals surface area contributed by atoms with Crippen LogP contribution in [0.15, 0.2) is 72.8 Å². The van der Waals surface area contributed by atoms with Gasteiger partial charge in [0.15, 0.2) is 0 Å². The van der Waals surface area contributed by atoms with Crippen molar-refractivity contribution in [1.29, 1.82) is 0 Å². The number of phenols is 1. The lowest BCUT2D eigenvalue weighted by Crippen LogP contribution is -2.33. The van der Waals surface area contributed by atoms with Crippen molar-refractivity contribution >= 4 is 17.9 Å². The third-order valence-electron chi connectivity index (χ3n) is 5.71. The molecule has 0 unspecified atom stereocenters. The molecule has 0 aliphatic carbocycles. The van der Waals surface area contributed by atoms with Gasteiger partial charge in [-0.3, -0.25) is 9.59 Å². The predicted octanol–water partition coefficient (Wildman–Crippen LogP) is 5.79. The van der Waals surface area contributed by atoms with E-state index in [1.54, 1.807) is 24.3 Å². The van der Waals surface area contributed by atoms with Crippen molar-refractivity contribution in [3.8, 4) is 22.6 Å². The zero-order valence-electron chi connectivity index (χ0n) is 19.2. The molecule has 0 heterocycles. The molecule has 0 spiro atoms. The maximum Gasteiger partial charge on any atom is 0.291 e. The average Bonchev–Trinajstić information content (AvgIpc) is 2.86. The third kappa shape index (κ3) is 6.45. The number of ether oxygens (including phenoxy) is 1. The van der Waals surface area contributed by atoms with Crippen molar-refractivity contribution in [2.45, 2.75) is 45.6 Å². The second-order valence-corrected chi connectivity index (χ2v) is 7.98. The van der Waals surface area contributed by atoms with Gasteiger partial charge < -0.3 is 14.7 Å². The average molecular weight is 446 g/mol. The van der Waals surface area contributed by atoms with Gasteiger partial charge in [-0.1, -0.05) is 56.3 Å². The number of carbonyl (C=O) groups is 2. The van der Waals surface area contributed by atoms with Crippen LogP contribution in [0.1, 0.15) is 38.7 Å². The molecule has 33 heavy (non-hydrogen) atoms. The summed E-state index contributed by atoms with van der Waals surface area (Å²) >= 11 is 0. The van der Waals surface area contributed by atoms with E-state index in [-0.39, 0.29) is 11.9 Å². The van der Waals surface area contributed by atoms with Crippen LogP contribution in [-0.2, 0) is 16.0 Å². The van der Waals surface area contributed by atoms with Gasteiger partial charge in [-0.25, -0.2) is 0 Å². The van der Waals surface area contributed by atoms with Crippen LogP contribution in [0, 0.1) is 0 Å². The topological polar surface area (TPSA) is 66.8 Å². The van der Waals surface area contributed by atoms with Crippen LogP contribution in [-0.4, -0.2) is 29.9 Å². The Morgan fingerprint density at radius 3 is 2.33 bits per heavy atom. The summed E-state index contributed by atoms with van der Waals surface area (Å²) < 4.78 is 6.14. The molecule has 3 aromatic carbocycles. The summed E-state index contributed by atoms with van der Waals surface area (Å²) in [4.78, 5) is 25.6. The van der Waals surface area contributed by atoms with Crippen molar-refractivity contribution < 1.29 is 19.4 Å². The number of benzene rings is 3. The van der Waals surface area contributed by atoms with Gasteiger partial charge in [-0.2, -0.15) is 0 Å². The first-order chi connectivity index (χ1) is 16.0. The first-order valence-electron chi connectivity index (χ1n) is 11.5. The fraction of sp³-hybridized carbons (Fsp3) is 0.286. The minimum Gasteiger partial charge on any atom is -0.508 e. The summed E-state index contributed by atoms with van der Waals surface area (Å²) in [7, 11) is 0. The molecule has 5 heteroatoms. The second kappa shape index (κ2) is 11.9. The summed E-state index contributed by atoms with van der Waals surface area (Å²) in [6.07, 6.45) is 3.75. The van der Waals surface area contributed by atoms with Crippen LogP contribution in [0.25, 0.3) is 11.1 Å². The Morgan fingerprint density at radius 2 is 1.70 bits per heavy atom. The Balaban J connectivity index is 1.95. The number of aromatic hydroxyl groups is 1. The normalized spacial score (nSPS) is 10.8. The second-order valence-electron chi connectivity index (χ2n) is 7.98. The van der Waals surface area contributed by atoms with E-state index in [1.165, 1.54) is 10.5 Å². The molecule has 3 aromatic rings. The number of carbonyl (C=O) groups excluding carboxylic acids is 2. The Morgan fingerprint density at radius 1 is 1.00 bits per heavy atom. The minimum absolute atomic E-state index is 0.0992. The zero-order chi connectivity index (χ0) is 23.6. The molecule has 5 nitrogen and oxygen atoms in total. The highest BCUT2D eigenvalue weighted by molar-refractivity contribution is 6.31. The highest BCUT2D eigenvalue weighted by Crippen LogP contribution is 2.36. The Kier molecular flexibility index (Phi) is 8.64. The monoisotopic (exact) mass is 445 g/mol. The van der Waals surface area contributed by atoms with Crippen molar-refractivity contribution in [2.75, 3.05) is 11.4 Å². The summed E-state index contributed by atoms with van der Waals surface area (Å²) in [6.45, 7) is 4.57. The molecule has 0 aliphatic heterocycles. The number of aryl methyl sites for hydroxylation is 1. The number of amides is 1. The first-order valence-corrected chi connectivity index (χ1v) is 11.5. The summed E-state index contributed by atoms with van der Waals surface area (Å²) in [5, 5.41) is 9.73. The Labute approximate surface area is 195 Å². The molecule has 0 aliphatic rings. The molecular weight excluding hydrogens is 414 g/mol. The quantitative estimate of drug-likeness (QED) is 0.300. The molecule has 0 radical (unpaired) electrons. The van der Waals surface area contributed by atoms with Crippen LogP contribution in [0.4, 0.5) is 5.69 Å². The van der Waals surface area contributed by atoms with E-state index in [0.717, 1.165) is 30.4 Å².